The van der Waals surface area contributed by atoms with Crippen LogP contribution in [0.5, 0.6) is 0 Å². The van der Waals surface area contributed by atoms with Crippen LogP contribution in [-0.2, 0) is 22.0 Å². The second-order valence-corrected chi connectivity index (χ2v) is 2.55. The highest BCUT2D eigenvalue weighted by Crippen LogP contribution is 2.10. The third-order valence-corrected chi connectivity index (χ3v) is 1.53. The van der Waals surface area contributed by atoms with Crippen molar-refractivity contribution < 1.29 is 13.9 Å². The Morgan fingerprint density at radius 3 is 2.75 bits per heavy atom. The van der Waals surface area contributed by atoms with Gasteiger partial charge in [-0.25, -0.2) is 0 Å². The summed E-state index contributed by atoms with van der Waals surface area (Å²) in [6, 6.07) is 3.49. The summed E-state index contributed by atoms with van der Waals surface area (Å²) in [6.07, 6.45) is 0. The standard InChI is InChI=1S/C8H9ClO3/c1-6(10)11-5-8-3-2-7(4-9)12-8/h2-3H,4-5H2,1H3. The van der Waals surface area contributed by atoms with Crippen LogP contribution in [0.2, 0.25) is 0 Å². The molecule has 4 heteroatoms. The van der Waals surface area contributed by atoms with Gasteiger partial charge in [-0.2, -0.15) is 0 Å². The van der Waals surface area contributed by atoms with E-state index in [0.29, 0.717) is 17.4 Å². The molecule has 1 aromatic rings. The zero-order valence-electron chi connectivity index (χ0n) is 6.67. The topological polar surface area (TPSA) is 39.4 Å². The van der Waals surface area contributed by atoms with Gasteiger partial charge >= 0.3 is 5.97 Å². The maximum absolute atomic E-state index is 10.4. The van der Waals surface area contributed by atoms with Crippen molar-refractivity contribution in [2.24, 2.45) is 0 Å². The monoisotopic (exact) mass is 188 g/mol. The van der Waals surface area contributed by atoms with Gasteiger partial charge in [0.25, 0.3) is 0 Å². The Bertz CT molecular complexity index is 267. The van der Waals surface area contributed by atoms with Crippen LogP contribution in [0, 0.1) is 0 Å². The molecular formula is C8H9ClO3. The lowest BCUT2D eigenvalue weighted by atomic mass is 10.4. The van der Waals surface area contributed by atoms with Gasteiger partial charge < -0.3 is 9.15 Å². The molecule has 0 radical (unpaired) electrons. The average molecular weight is 189 g/mol. The molecule has 0 atom stereocenters. The molecule has 0 aliphatic heterocycles. The van der Waals surface area contributed by atoms with Gasteiger partial charge in [0.15, 0.2) is 0 Å². The third kappa shape index (κ3) is 2.58. The molecule has 1 rings (SSSR count). The molecule has 1 aromatic heterocycles. The Morgan fingerprint density at radius 2 is 2.25 bits per heavy atom. The number of esters is 1. The number of halogens is 1. The summed E-state index contributed by atoms with van der Waals surface area (Å²) in [5.41, 5.74) is 0. The van der Waals surface area contributed by atoms with E-state index in [4.69, 9.17) is 20.8 Å². The molecule has 0 unspecified atom stereocenters. The Labute approximate surface area is 75.3 Å². The highest BCUT2D eigenvalue weighted by molar-refractivity contribution is 6.16. The summed E-state index contributed by atoms with van der Waals surface area (Å²) < 4.78 is 9.88. The summed E-state index contributed by atoms with van der Waals surface area (Å²) in [5, 5.41) is 0. The van der Waals surface area contributed by atoms with Crippen LogP contribution in [0.15, 0.2) is 16.5 Å². The van der Waals surface area contributed by atoms with Crippen molar-refractivity contribution in [1.82, 2.24) is 0 Å². The summed E-state index contributed by atoms with van der Waals surface area (Å²) in [5.74, 6) is 1.30. The van der Waals surface area contributed by atoms with E-state index in [1.807, 2.05) is 0 Å². The lowest BCUT2D eigenvalue weighted by molar-refractivity contribution is -0.142. The molecular weight excluding hydrogens is 180 g/mol. The first-order chi connectivity index (χ1) is 5.72. The Morgan fingerprint density at radius 1 is 1.58 bits per heavy atom. The number of hydrogen-bond donors (Lipinski definition) is 0. The van der Waals surface area contributed by atoms with Crippen molar-refractivity contribution in [2.75, 3.05) is 0 Å². The van der Waals surface area contributed by atoms with E-state index in [-0.39, 0.29) is 12.6 Å². The molecule has 0 fully saturated rings. The Kier molecular flexibility index (Phi) is 3.17. The summed E-state index contributed by atoms with van der Waals surface area (Å²) in [6.45, 7) is 1.53. The highest BCUT2D eigenvalue weighted by Gasteiger charge is 2.01. The predicted molar refractivity (Wildman–Crippen MR) is 43.7 cm³/mol. The molecule has 0 saturated carbocycles. The molecule has 1 heterocycles. The van der Waals surface area contributed by atoms with Gasteiger partial charge in [-0.15, -0.1) is 11.6 Å². The largest absolute Gasteiger partial charge is 0.461 e. The fourth-order valence-corrected chi connectivity index (χ4v) is 0.888. The number of carbonyl (C=O) groups excluding carboxylic acids is 1. The number of carbonyl (C=O) groups is 1. The van der Waals surface area contributed by atoms with E-state index in [1.54, 1.807) is 12.1 Å². The van der Waals surface area contributed by atoms with E-state index in [9.17, 15) is 4.79 Å². The lowest BCUT2D eigenvalue weighted by Gasteiger charge is -1.96. The van der Waals surface area contributed by atoms with Crippen molar-refractivity contribution >= 4 is 17.6 Å². The quantitative estimate of drug-likeness (QED) is 0.539. The van der Waals surface area contributed by atoms with Crippen LogP contribution in [0.4, 0.5) is 0 Å². The zero-order valence-corrected chi connectivity index (χ0v) is 7.43. The van der Waals surface area contributed by atoms with E-state index in [2.05, 4.69) is 0 Å². The molecule has 66 valence electrons. The fourth-order valence-electron chi connectivity index (χ4n) is 0.744. The van der Waals surface area contributed by atoms with Gasteiger partial charge in [0, 0.05) is 6.92 Å². The van der Waals surface area contributed by atoms with Gasteiger partial charge in [0.05, 0.1) is 5.88 Å². The Hall–Kier alpha value is -0.960. The molecule has 0 saturated heterocycles. The van der Waals surface area contributed by atoms with E-state index in [1.165, 1.54) is 6.92 Å². The van der Waals surface area contributed by atoms with Crippen LogP contribution in [-0.4, -0.2) is 5.97 Å². The van der Waals surface area contributed by atoms with Gasteiger partial charge in [-0.05, 0) is 12.1 Å². The first kappa shape index (κ1) is 9.13. The summed E-state index contributed by atoms with van der Waals surface area (Å²) in [7, 11) is 0. The van der Waals surface area contributed by atoms with Crippen LogP contribution >= 0.6 is 11.6 Å². The van der Waals surface area contributed by atoms with Crippen LogP contribution in [0.1, 0.15) is 18.4 Å². The molecule has 0 aliphatic rings. The maximum atomic E-state index is 10.4. The second kappa shape index (κ2) is 4.16. The number of ether oxygens (including phenoxy) is 1. The van der Waals surface area contributed by atoms with Gasteiger partial charge in [0.1, 0.15) is 18.1 Å². The van der Waals surface area contributed by atoms with Crippen molar-refractivity contribution in [3.05, 3.63) is 23.7 Å². The van der Waals surface area contributed by atoms with Crippen LogP contribution < -0.4 is 0 Å². The lowest BCUT2D eigenvalue weighted by Crippen LogP contribution is -1.97. The van der Waals surface area contributed by atoms with Crippen LogP contribution in [0.25, 0.3) is 0 Å². The van der Waals surface area contributed by atoms with E-state index >= 15 is 0 Å². The second-order valence-electron chi connectivity index (χ2n) is 2.28. The first-order valence-electron chi connectivity index (χ1n) is 3.49. The minimum atomic E-state index is -0.321. The van der Waals surface area contributed by atoms with Crippen LogP contribution in [0.3, 0.4) is 0 Å². The van der Waals surface area contributed by atoms with Gasteiger partial charge in [0.2, 0.25) is 0 Å². The Balaban J connectivity index is 2.47. The number of rotatable bonds is 3. The first-order valence-corrected chi connectivity index (χ1v) is 4.02. The molecule has 0 aliphatic carbocycles. The summed E-state index contributed by atoms with van der Waals surface area (Å²) >= 11 is 5.50. The summed E-state index contributed by atoms with van der Waals surface area (Å²) in [4.78, 5) is 10.4. The van der Waals surface area contributed by atoms with Crippen molar-refractivity contribution in [3.63, 3.8) is 0 Å². The minimum absolute atomic E-state index is 0.173. The zero-order chi connectivity index (χ0) is 8.97. The van der Waals surface area contributed by atoms with E-state index < -0.39 is 0 Å². The highest BCUT2D eigenvalue weighted by atomic mass is 35.5. The molecule has 0 N–H and O–H groups in total. The predicted octanol–water partition coefficient (Wildman–Crippen LogP) is 2.08. The van der Waals surface area contributed by atoms with E-state index in [0.717, 1.165) is 0 Å². The fraction of sp³-hybridized carbons (Fsp3) is 0.375. The smallest absolute Gasteiger partial charge is 0.303 e. The minimum Gasteiger partial charge on any atom is -0.461 e. The number of hydrogen-bond acceptors (Lipinski definition) is 3. The van der Waals surface area contributed by atoms with Crippen molar-refractivity contribution in [1.29, 1.82) is 0 Å². The number of alkyl halides is 1. The average Bonchev–Trinajstić information content (AvgIpc) is 2.48. The normalized spacial score (nSPS) is 9.83. The SMILES string of the molecule is CC(=O)OCc1ccc(CCl)o1. The molecule has 3 nitrogen and oxygen atoms in total. The molecule has 0 aromatic carbocycles. The maximum Gasteiger partial charge on any atom is 0.303 e. The van der Waals surface area contributed by atoms with Gasteiger partial charge in [-0.1, -0.05) is 0 Å². The number of furan rings is 1. The van der Waals surface area contributed by atoms with Crippen molar-refractivity contribution in [3.8, 4) is 0 Å². The molecule has 0 bridgehead atoms. The van der Waals surface area contributed by atoms with Crippen molar-refractivity contribution in [2.45, 2.75) is 19.4 Å². The third-order valence-electron chi connectivity index (χ3n) is 1.27. The molecule has 12 heavy (non-hydrogen) atoms. The molecule has 0 spiro atoms. The molecule has 0 amide bonds. The van der Waals surface area contributed by atoms with Gasteiger partial charge in [-0.3, -0.25) is 4.79 Å².